The molecule has 1 aliphatic heterocycles. The van der Waals surface area contributed by atoms with Crippen molar-refractivity contribution in [3.8, 4) is 5.88 Å². The first-order valence-electron chi connectivity index (χ1n) is 6.50. The van der Waals surface area contributed by atoms with E-state index < -0.39 is 10.0 Å². The Morgan fingerprint density at radius 2 is 2.05 bits per heavy atom. The molecule has 1 aromatic heterocycles. The van der Waals surface area contributed by atoms with Gasteiger partial charge in [-0.2, -0.15) is 4.31 Å². The Labute approximate surface area is 118 Å². The molecule has 106 valence electrons. The van der Waals surface area contributed by atoms with Crippen molar-refractivity contribution in [3.63, 3.8) is 0 Å². The van der Waals surface area contributed by atoms with Crippen LogP contribution in [0.25, 0.3) is 10.9 Å². The highest BCUT2D eigenvalue weighted by Gasteiger charge is 2.30. The molecule has 1 saturated heterocycles. The Kier molecular flexibility index (Phi) is 3.35. The third-order valence-electron chi connectivity index (χ3n) is 3.44. The van der Waals surface area contributed by atoms with Crippen LogP contribution in [0.2, 0.25) is 0 Å². The second kappa shape index (κ2) is 5.03. The van der Waals surface area contributed by atoms with E-state index in [4.69, 9.17) is 4.74 Å². The van der Waals surface area contributed by atoms with Crippen molar-refractivity contribution >= 4 is 20.9 Å². The zero-order chi connectivity index (χ0) is 14.2. The SMILES string of the molecule is CS(=O)(=O)N1CCC(Oc2ccc3ccccc3n2)C1. The number of benzene rings is 1. The molecule has 0 radical (unpaired) electrons. The van der Waals surface area contributed by atoms with Crippen molar-refractivity contribution < 1.29 is 13.2 Å². The Hall–Kier alpha value is -1.66. The molecule has 2 heterocycles. The van der Waals surface area contributed by atoms with Crippen molar-refractivity contribution in [3.05, 3.63) is 36.4 Å². The number of para-hydroxylation sites is 1. The fraction of sp³-hybridized carbons (Fsp3) is 0.357. The number of hydrogen-bond donors (Lipinski definition) is 0. The lowest BCUT2D eigenvalue weighted by molar-refractivity contribution is 0.208. The topological polar surface area (TPSA) is 59.5 Å². The molecule has 0 N–H and O–H groups in total. The van der Waals surface area contributed by atoms with Crippen molar-refractivity contribution in [2.24, 2.45) is 0 Å². The van der Waals surface area contributed by atoms with E-state index in [0.29, 0.717) is 25.4 Å². The molecule has 1 unspecified atom stereocenters. The molecule has 1 fully saturated rings. The van der Waals surface area contributed by atoms with E-state index in [-0.39, 0.29) is 6.10 Å². The molecule has 3 rings (SSSR count). The molecular formula is C14H16N2O3S. The molecule has 0 saturated carbocycles. The summed E-state index contributed by atoms with van der Waals surface area (Å²) in [6.45, 7) is 0.907. The maximum Gasteiger partial charge on any atom is 0.214 e. The van der Waals surface area contributed by atoms with Gasteiger partial charge in [-0.3, -0.25) is 0 Å². The summed E-state index contributed by atoms with van der Waals surface area (Å²) < 4.78 is 30.2. The van der Waals surface area contributed by atoms with Crippen molar-refractivity contribution in [1.29, 1.82) is 0 Å². The zero-order valence-corrected chi connectivity index (χ0v) is 12.0. The van der Waals surface area contributed by atoms with Gasteiger partial charge in [0.05, 0.1) is 18.3 Å². The van der Waals surface area contributed by atoms with Crippen LogP contribution < -0.4 is 4.74 Å². The minimum Gasteiger partial charge on any atom is -0.473 e. The Bertz CT molecular complexity index is 730. The molecule has 2 aromatic rings. The summed E-state index contributed by atoms with van der Waals surface area (Å²) in [7, 11) is -3.13. The van der Waals surface area contributed by atoms with Crippen molar-refractivity contribution in [2.45, 2.75) is 12.5 Å². The summed E-state index contributed by atoms with van der Waals surface area (Å²) in [5.74, 6) is 0.545. The summed E-state index contributed by atoms with van der Waals surface area (Å²) in [6.07, 6.45) is 1.80. The van der Waals surface area contributed by atoms with Gasteiger partial charge in [-0.15, -0.1) is 0 Å². The number of ether oxygens (including phenoxy) is 1. The molecule has 1 atom stereocenters. The maximum atomic E-state index is 11.5. The third kappa shape index (κ3) is 2.76. The first-order chi connectivity index (χ1) is 9.52. The van der Waals surface area contributed by atoms with E-state index in [1.807, 2.05) is 36.4 Å². The lowest BCUT2D eigenvalue weighted by Crippen LogP contribution is -2.30. The van der Waals surface area contributed by atoms with Crippen LogP contribution in [0.1, 0.15) is 6.42 Å². The van der Waals surface area contributed by atoms with Crippen molar-refractivity contribution in [1.82, 2.24) is 9.29 Å². The highest BCUT2D eigenvalue weighted by molar-refractivity contribution is 7.88. The molecule has 0 amide bonds. The van der Waals surface area contributed by atoms with Crippen LogP contribution in [0, 0.1) is 0 Å². The number of rotatable bonds is 3. The second-order valence-corrected chi connectivity index (χ2v) is 6.97. The number of pyridine rings is 1. The molecule has 20 heavy (non-hydrogen) atoms. The van der Waals surface area contributed by atoms with Gasteiger partial charge < -0.3 is 4.74 Å². The van der Waals surface area contributed by atoms with Crippen LogP contribution in [0.4, 0.5) is 0 Å². The molecule has 1 aliphatic rings. The van der Waals surface area contributed by atoms with Gasteiger partial charge in [0, 0.05) is 18.0 Å². The van der Waals surface area contributed by atoms with Gasteiger partial charge in [0.15, 0.2) is 0 Å². The first-order valence-corrected chi connectivity index (χ1v) is 8.35. The third-order valence-corrected chi connectivity index (χ3v) is 4.71. The molecular weight excluding hydrogens is 276 g/mol. The van der Waals surface area contributed by atoms with Crippen LogP contribution >= 0.6 is 0 Å². The van der Waals surface area contributed by atoms with E-state index in [9.17, 15) is 8.42 Å². The lowest BCUT2D eigenvalue weighted by Gasteiger charge is -2.14. The molecule has 5 nitrogen and oxygen atoms in total. The molecule has 0 bridgehead atoms. The second-order valence-electron chi connectivity index (χ2n) is 4.99. The van der Waals surface area contributed by atoms with E-state index >= 15 is 0 Å². The summed E-state index contributed by atoms with van der Waals surface area (Å²) in [4.78, 5) is 4.44. The Balaban J connectivity index is 1.74. The van der Waals surface area contributed by atoms with E-state index in [0.717, 1.165) is 10.9 Å². The predicted molar refractivity (Wildman–Crippen MR) is 77.2 cm³/mol. The van der Waals surface area contributed by atoms with Crippen LogP contribution in [-0.2, 0) is 10.0 Å². The van der Waals surface area contributed by atoms with E-state index in [1.165, 1.54) is 10.6 Å². The average Bonchev–Trinajstić information content (AvgIpc) is 2.87. The van der Waals surface area contributed by atoms with Gasteiger partial charge >= 0.3 is 0 Å². The van der Waals surface area contributed by atoms with Crippen LogP contribution in [0.5, 0.6) is 5.88 Å². The highest BCUT2D eigenvalue weighted by atomic mass is 32.2. The normalized spacial score (nSPS) is 20.4. The zero-order valence-electron chi connectivity index (χ0n) is 11.2. The maximum absolute atomic E-state index is 11.5. The monoisotopic (exact) mass is 292 g/mol. The number of fused-ring (bicyclic) bond motifs is 1. The summed E-state index contributed by atoms with van der Waals surface area (Å²) in [6, 6.07) is 11.6. The van der Waals surface area contributed by atoms with Crippen LogP contribution in [0.15, 0.2) is 36.4 Å². The fourth-order valence-electron chi connectivity index (χ4n) is 2.38. The van der Waals surface area contributed by atoms with Crippen LogP contribution in [-0.4, -0.2) is 43.2 Å². The largest absolute Gasteiger partial charge is 0.473 e. The first kappa shape index (κ1) is 13.3. The smallest absolute Gasteiger partial charge is 0.214 e. The Morgan fingerprint density at radius 1 is 1.25 bits per heavy atom. The van der Waals surface area contributed by atoms with E-state index in [2.05, 4.69) is 4.98 Å². The summed E-state index contributed by atoms with van der Waals surface area (Å²) in [5.41, 5.74) is 0.878. The Morgan fingerprint density at radius 3 is 2.80 bits per heavy atom. The number of hydrogen-bond acceptors (Lipinski definition) is 4. The van der Waals surface area contributed by atoms with Gasteiger partial charge in [-0.1, -0.05) is 18.2 Å². The average molecular weight is 292 g/mol. The van der Waals surface area contributed by atoms with Gasteiger partial charge in [-0.05, 0) is 18.6 Å². The molecule has 1 aromatic carbocycles. The highest BCUT2D eigenvalue weighted by Crippen LogP contribution is 2.21. The van der Waals surface area contributed by atoms with Gasteiger partial charge in [-0.25, -0.2) is 13.4 Å². The van der Waals surface area contributed by atoms with Crippen LogP contribution in [0.3, 0.4) is 0 Å². The van der Waals surface area contributed by atoms with Crippen molar-refractivity contribution in [2.75, 3.05) is 19.3 Å². The lowest BCUT2D eigenvalue weighted by atomic mass is 10.2. The molecule has 0 aliphatic carbocycles. The summed E-state index contributed by atoms with van der Waals surface area (Å²) >= 11 is 0. The quantitative estimate of drug-likeness (QED) is 0.863. The number of sulfonamides is 1. The fourth-order valence-corrected chi connectivity index (χ4v) is 3.25. The predicted octanol–water partition coefficient (Wildman–Crippen LogP) is 1.65. The minimum absolute atomic E-state index is 0.126. The van der Waals surface area contributed by atoms with Gasteiger partial charge in [0.2, 0.25) is 15.9 Å². The van der Waals surface area contributed by atoms with E-state index in [1.54, 1.807) is 0 Å². The number of aromatic nitrogens is 1. The van der Waals surface area contributed by atoms with Gasteiger partial charge in [0.25, 0.3) is 0 Å². The molecule has 6 heteroatoms. The molecule has 0 spiro atoms. The van der Waals surface area contributed by atoms with Gasteiger partial charge in [0.1, 0.15) is 6.10 Å². The summed E-state index contributed by atoms with van der Waals surface area (Å²) in [5, 5.41) is 1.06. The standard InChI is InChI=1S/C14H16N2O3S/c1-20(17,18)16-9-8-12(10-16)19-14-7-6-11-4-2-3-5-13(11)15-14/h2-7,12H,8-10H2,1H3. The minimum atomic E-state index is -3.13. The number of nitrogens with zero attached hydrogens (tertiary/aromatic N) is 2.